The zero-order chi connectivity index (χ0) is 13.7. The average Bonchev–Trinajstić information content (AvgIpc) is 2.46. The van der Waals surface area contributed by atoms with Crippen molar-refractivity contribution >= 4 is 5.91 Å². The average molecular weight is 266 g/mol. The van der Waals surface area contributed by atoms with E-state index in [-0.39, 0.29) is 11.8 Å². The minimum absolute atomic E-state index is 0.229. The molecular weight excluding hydrogens is 236 g/mol. The van der Waals surface area contributed by atoms with Gasteiger partial charge in [0.05, 0.1) is 0 Å². The van der Waals surface area contributed by atoms with Gasteiger partial charge in [0.15, 0.2) is 0 Å². The maximum Gasteiger partial charge on any atom is 0.223 e. The smallest absolute Gasteiger partial charge is 0.223 e. The van der Waals surface area contributed by atoms with Gasteiger partial charge in [0, 0.05) is 18.5 Å². The largest absolute Gasteiger partial charge is 0.356 e. The van der Waals surface area contributed by atoms with Crippen molar-refractivity contribution in [1.82, 2.24) is 5.32 Å². The van der Waals surface area contributed by atoms with E-state index in [4.69, 9.17) is 5.73 Å². The number of rotatable bonds is 4. The Hall–Kier alpha value is -0.570. The maximum absolute atomic E-state index is 12.1. The van der Waals surface area contributed by atoms with Crippen molar-refractivity contribution in [2.45, 2.75) is 70.8 Å². The molecule has 0 radical (unpaired) electrons. The molecule has 2 aliphatic rings. The van der Waals surface area contributed by atoms with E-state index < -0.39 is 0 Å². The Morgan fingerprint density at radius 3 is 2.16 bits per heavy atom. The third kappa shape index (κ3) is 4.48. The molecule has 2 aliphatic carbocycles. The van der Waals surface area contributed by atoms with Crippen LogP contribution in [0.15, 0.2) is 0 Å². The molecule has 0 aliphatic heterocycles. The number of carbonyl (C=O) groups is 1. The summed E-state index contributed by atoms with van der Waals surface area (Å²) in [6.07, 6.45) is 10.6. The van der Waals surface area contributed by atoms with Gasteiger partial charge in [-0.2, -0.15) is 0 Å². The summed E-state index contributed by atoms with van der Waals surface area (Å²) in [4.78, 5) is 12.1. The first-order chi connectivity index (χ1) is 9.19. The highest BCUT2D eigenvalue weighted by Gasteiger charge is 2.25. The van der Waals surface area contributed by atoms with Crippen molar-refractivity contribution < 1.29 is 4.79 Å². The first kappa shape index (κ1) is 14.8. The third-order valence-corrected chi connectivity index (χ3v) is 5.25. The molecule has 0 aromatic heterocycles. The van der Waals surface area contributed by atoms with Crippen LogP contribution in [0.2, 0.25) is 0 Å². The maximum atomic E-state index is 12.1. The van der Waals surface area contributed by atoms with Gasteiger partial charge in [0.2, 0.25) is 5.91 Å². The lowest BCUT2D eigenvalue weighted by atomic mass is 9.80. The van der Waals surface area contributed by atoms with E-state index in [0.29, 0.717) is 6.04 Å². The van der Waals surface area contributed by atoms with E-state index in [2.05, 4.69) is 12.2 Å². The van der Waals surface area contributed by atoms with Crippen LogP contribution >= 0.6 is 0 Å². The molecule has 2 saturated carbocycles. The van der Waals surface area contributed by atoms with E-state index >= 15 is 0 Å². The van der Waals surface area contributed by atoms with E-state index in [9.17, 15) is 4.79 Å². The number of nitrogens with two attached hydrogens (primary N) is 1. The minimum Gasteiger partial charge on any atom is -0.356 e. The van der Waals surface area contributed by atoms with Gasteiger partial charge >= 0.3 is 0 Å². The Kier molecular flexibility index (Phi) is 5.68. The van der Waals surface area contributed by atoms with Crippen LogP contribution in [0.4, 0.5) is 0 Å². The van der Waals surface area contributed by atoms with Gasteiger partial charge < -0.3 is 11.1 Å². The molecular formula is C16H30N2O. The van der Waals surface area contributed by atoms with Gasteiger partial charge in [0.1, 0.15) is 0 Å². The lowest BCUT2D eigenvalue weighted by Gasteiger charge is -2.29. The SMILES string of the molecule is CCC1CCC(CNC(=O)C2CCC(N)CC2)CC1. The molecule has 0 unspecified atom stereocenters. The van der Waals surface area contributed by atoms with Crippen molar-refractivity contribution in [2.75, 3.05) is 6.54 Å². The predicted octanol–water partition coefficient (Wildman–Crippen LogP) is 2.84. The van der Waals surface area contributed by atoms with E-state index in [1.807, 2.05) is 0 Å². The molecule has 1 amide bonds. The van der Waals surface area contributed by atoms with Crippen LogP contribution in [-0.4, -0.2) is 18.5 Å². The fraction of sp³-hybridized carbons (Fsp3) is 0.938. The molecule has 3 heteroatoms. The molecule has 0 aromatic rings. The Morgan fingerprint density at radius 2 is 1.58 bits per heavy atom. The number of carbonyl (C=O) groups excluding carboxylic acids is 1. The van der Waals surface area contributed by atoms with E-state index in [0.717, 1.165) is 44.1 Å². The standard InChI is InChI=1S/C16H30N2O/c1-2-12-3-5-13(6-4-12)11-18-16(19)14-7-9-15(17)10-8-14/h12-15H,2-11,17H2,1H3,(H,18,19). The Balaban J connectivity index is 1.64. The van der Waals surface area contributed by atoms with Crippen LogP contribution in [0.1, 0.15) is 64.7 Å². The van der Waals surface area contributed by atoms with Gasteiger partial charge in [-0.15, -0.1) is 0 Å². The minimum atomic E-state index is 0.229. The first-order valence-electron chi connectivity index (χ1n) is 8.22. The van der Waals surface area contributed by atoms with Gasteiger partial charge in [0.25, 0.3) is 0 Å². The molecule has 0 bridgehead atoms. The van der Waals surface area contributed by atoms with Crippen LogP contribution in [0, 0.1) is 17.8 Å². The number of amides is 1. The summed E-state index contributed by atoms with van der Waals surface area (Å²) in [6.45, 7) is 3.19. The van der Waals surface area contributed by atoms with Crippen LogP contribution in [-0.2, 0) is 4.79 Å². The number of hydrogen-bond acceptors (Lipinski definition) is 2. The summed E-state index contributed by atoms with van der Waals surface area (Å²) in [6, 6.07) is 0.327. The Labute approximate surface area is 117 Å². The van der Waals surface area contributed by atoms with Crippen LogP contribution in [0.3, 0.4) is 0 Å². The summed E-state index contributed by atoms with van der Waals surface area (Å²) in [7, 11) is 0. The lowest BCUT2D eigenvalue weighted by Crippen LogP contribution is -2.38. The van der Waals surface area contributed by atoms with Crippen LogP contribution in [0.25, 0.3) is 0 Å². The van der Waals surface area contributed by atoms with Crippen LogP contribution < -0.4 is 11.1 Å². The second-order valence-electron chi connectivity index (χ2n) is 6.65. The highest BCUT2D eigenvalue weighted by Crippen LogP contribution is 2.30. The second kappa shape index (κ2) is 7.28. The molecule has 3 nitrogen and oxygen atoms in total. The summed E-state index contributed by atoms with van der Waals surface area (Å²) in [5.41, 5.74) is 5.88. The quantitative estimate of drug-likeness (QED) is 0.822. The zero-order valence-electron chi connectivity index (χ0n) is 12.4. The molecule has 0 spiro atoms. The van der Waals surface area contributed by atoms with E-state index in [1.165, 1.54) is 32.1 Å². The fourth-order valence-corrected chi connectivity index (χ4v) is 3.61. The molecule has 110 valence electrons. The summed E-state index contributed by atoms with van der Waals surface area (Å²) in [5.74, 6) is 2.17. The molecule has 0 heterocycles. The first-order valence-corrected chi connectivity index (χ1v) is 8.22. The number of hydrogen-bond donors (Lipinski definition) is 2. The van der Waals surface area contributed by atoms with Gasteiger partial charge in [-0.05, 0) is 50.4 Å². The second-order valence-corrected chi connectivity index (χ2v) is 6.65. The van der Waals surface area contributed by atoms with E-state index in [1.54, 1.807) is 0 Å². The monoisotopic (exact) mass is 266 g/mol. The Bertz CT molecular complexity index is 276. The molecule has 2 fully saturated rings. The predicted molar refractivity (Wildman–Crippen MR) is 78.7 cm³/mol. The normalized spacial score (nSPS) is 35.9. The summed E-state index contributed by atoms with van der Waals surface area (Å²) < 4.78 is 0. The third-order valence-electron chi connectivity index (χ3n) is 5.25. The Morgan fingerprint density at radius 1 is 1.00 bits per heavy atom. The van der Waals surface area contributed by atoms with Crippen molar-refractivity contribution in [2.24, 2.45) is 23.5 Å². The number of nitrogens with one attached hydrogen (secondary N) is 1. The molecule has 0 atom stereocenters. The molecule has 0 saturated heterocycles. The van der Waals surface area contributed by atoms with Crippen molar-refractivity contribution in [1.29, 1.82) is 0 Å². The zero-order valence-corrected chi connectivity index (χ0v) is 12.4. The van der Waals surface area contributed by atoms with Crippen molar-refractivity contribution in [3.8, 4) is 0 Å². The van der Waals surface area contributed by atoms with Gasteiger partial charge in [-0.1, -0.05) is 26.2 Å². The fourth-order valence-electron chi connectivity index (χ4n) is 3.61. The van der Waals surface area contributed by atoms with Crippen molar-refractivity contribution in [3.05, 3.63) is 0 Å². The van der Waals surface area contributed by atoms with Gasteiger partial charge in [-0.25, -0.2) is 0 Å². The summed E-state index contributed by atoms with van der Waals surface area (Å²) in [5, 5.41) is 3.19. The molecule has 19 heavy (non-hydrogen) atoms. The highest BCUT2D eigenvalue weighted by atomic mass is 16.1. The lowest BCUT2D eigenvalue weighted by molar-refractivity contribution is -0.126. The topological polar surface area (TPSA) is 55.1 Å². The summed E-state index contributed by atoms with van der Waals surface area (Å²) >= 11 is 0. The highest BCUT2D eigenvalue weighted by molar-refractivity contribution is 5.78. The molecule has 2 rings (SSSR count). The molecule has 3 N–H and O–H groups in total. The van der Waals surface area contributed by atoms with Crippen LogP contribution in [0.5, 0.6) is 0 Å². The van der Waals surface area contributed by atoms with Crippen molar-refractivity contribution in [3.63, 3.8) is 0 Å². The molecule has 0 aromatic carbocycles. The van der Waals surface area contributed by atoms with Gasteiger partial charge in [-0.3, -0.25) is 4.79 Å².